The number of rotatable bonds is 0. The van der Waals surface area contributed by atoms with Crippen molar-refractivity contribution < 1.29 is 56.2 Å². The molecular weight excluding hydrogens is 269 g/mol. The molecule has 0 heterocycles. The van der Waals surface area contributed by atoms with Crippen LogP contribution < -0.4 is 0 Å². The Hall–Kier alpha value is -1.50. The number of carbonyl (C=O) groups is 2. The second kappa shape index (κ2) is 8.63. The Morgan fingerprint density at radius 3 is 0.824 bits per heavy atom. The third-order valence-corrected chi connectivity index (χ3v) is 0.485. The fourth-order valence-electron chi connectivity index (χ4n) is 0. The molecule has 0 saturated heterocycles. The van der Waals surface area contributed by atoms with Gasteiger partial charge in [0, 0.05) is 0 Å². The average Bonchev–Trinajstić information content (AvgIpc) is 2.02. The van der Waals surface area contributed by atoms with Crippen molar-refractivity contribution >= 4 is 19.6 Å². The van der Waals surface area contributed by atoms with Gasteiger partial charge >= 0.3 is 32.0 Å². The first-order valence-electron chi connectivity index (χ1n) is 3.12. The van der Waals surface area contributed by atoms with Crippen molar-refractivity contribution in [3.8, 4) is 0 Å². The van der Waals surface area contributed by atoms with E-state index in [0.29, 0.717) is 0 Å². The average molecular weight is 274 g/mol. The molecule has 0 bridgehead atoms. The van der Waals surface area contributed by atoms with Crippen LogP contribution in [-0.2, 0) is 9.59 Å². The number of alkyl halides is 6. The summed E-state index contributed by atoms with van der Waals surface area (Å²) in [5, 5.41) is 28.5. The van der Waals surface area contributed by atoms with E-state index in [1.165, 1.54) is 0 Å². The molecule has 0 aliphatic carbocycles. The van der Waals surface area contributed by atoms with E-state index >= 15 is 0 Å². The number of hydrogen-bond donors (Lipinski definition) is 4. The molecule has 17 heavy (non-hydrogen) atoms. The van der Waals surface area contributed by atoms with Crippen LogP contribution in [0.4, 0.5) is 26.3 Å². The van der Waals surface area contributed by atoms with Gasteiger partial charge < -0.3 is 20.3 Å². The zero-order valence-corrected chi connectivity index (χ0v) is 7.58. The minimum Gasteiger partial charge on any atom is -0.475 e. The number of hydrogen-bond acceptors (Lipinski definition) is 4. The van der Waals surface area contributed by atoms with Crippen molar-refractivity contribution in [1.29, 1.82) is 0 Å². The van der Waals surface area contributed by atoms with E-state index in [0.717, 1.165) is 0 Å². The molecule has 0 amide bonds. The monoisotopic (exact) mass is 274 g/mol. The lowest BCUT2D eigenvalue weighted by molar-refractivity contribution is -0.193. The van der Waals surface area contributed by atoms with Gasteiger partial charge in [0.05, 0.1) is 0 Å². The highest BCUT2D eigenvalue weighted by atomic mass is 19.4. The van der Waals surface area contributed by atoms with Gasteiger partial charge in [0.25, 0.3) is 0 Å². The number of halogens is 6. The van der Waals surface area contributed by atoms with E-state index in [4.69, 9.17) is 29.9 Å². The first kappa shape index (κ1) is 20.9. The van der Waals surface area contributed by atoms with Crippen LogP contribution in [0.1, 0.15) is 0 Å². The molecule has 13 heteroatoms. The van der Waals surface area contributed by atoms with Gasteiger partial charge in [-0.2, -0.15) is 26.3 Å². The summed E-state index contributed by atoms with van der Waals surface area (Å²) in [6.07, 6.45) is -10.2. The maximum absolute atomic E-state index is 10.6. The molecule has 6 nitrogen and oxygen atoms in total. The maximum atomic E-state index is 10.6. The van der Waals surface area contributed by atoms with Crippen LogP contribution in [0.25, 0.3) is 0 Å². The van der Waals surface area contributed by atoms with Gasteiger partial charge in [0.15, 0.2) is 0 Å². The Bertz CT molecular complexity index is 212. The minimum atomic E-state index is -5.08. The first-order chi connectivity index (χ1) is 7.30. The zero-order chi connectivity index (χ0) is 14.9. The van der Waals surface area contributed by atoms with Crippen LogP contribution in [-0.4, -0.2) is 52.2 Å². The van der Waals surface area contributed by atoms with E-state index in [-0.39, 0.29) is 0 Å². The van der Waals surface area contributed by atoms with Crippen molar-refractivity contribution in [2.45, 2.75) is 12.4 Å². The zero-order valence-electron chi connectivity index (χ0n) is 7.58. The van der Waals surface area contributed by atoms with E-state index in [2.05, 4.69) is 0 Å². The van der Waals surface area contributed by atoms with Crippen molar-refractivity contribution in [2.75, 3.05) is 0 Å². The Morgan fingerprint density at radius 2 is 0.824 bits per heavy atom. The van der Waals surface area contributed by atoms with Crippen LogP contribution in [0.5, 0.6) is 0 Å². The fraction of sp³-hybridized carbons (Fsp3) is 0.500. The summed E-state index contributed by atoms with van der Waals surface area (Å²) in [6.45, 7) is 0. The smallest absolute Gasteiger partial charge is 0.475 e. The van der Waals surface area contributed by atoms with Crippen LogP contribution >= 0.6 is 0 Å². The fourth-order valence-corrected chi connectivity index (χ4v) is 0. The van der Waals surface area contributed by atoms with Gasteiger partial charge in [-0.1, -0.05) is 0 Å². The summed E-state index contributed by atoms with van der Waals surface area (Å²) in [4.78, 5) is 17.8. The second-order valence-corrected chi connectivity index (χ2v) is 1.75. The van der Waals surface area contributed by atoms with Crippen LogP contribution in [0, 0.1) is 0 Å². The molecule has 0 aromatic rings. The van der Waals surface area contributed by atoms with Gasteiger partial charge in [-0.05, 0) is 0 Å². The number of carboxylic acid groups (broad SMARTS) is 2. The van der Waals surface area contributed by atoms with E-state index in [1.807, 2.05) is 0 Å². The van der Waals surface area contributed by atoms with Gasteiger partial charge in [0.2, 0.25) is 0 Å². The lowest BCUT2D eigenvalue weighted by Gasteiger charge is -1.93. The van der Waals surface area contributed by atoms with Crippen molar-refractivity contribution in [2.24, 2.45) is 0 Å². The molecular formula is C4H5BF6O6. The molecule has 0 unspecified atom stereocenters. The predicted octanol–water partition coefficient (Wildman–Crippen LogP) is -0.496. The standard InChI is InChI=1S/2C2HF3O2.BH3O2/c2*3-2(4,5)1(6)7;2-1-3/h2*(H,6,7);1-3H. The van der Waals surface area contributed by atoms with Crippen LogP contribution in [0.2, 0.25) is 0 Å². The van der Waals surface area contributed by atoms with Gasteiger partial charge in [-0.15, -0.1) is 0 Å². The normalized spacial score (nSPS) is 10.1. The summed E-state index contributed by atoms with van der Waals surface area (Å²) in [6, 6.07) is 0. The highest BCUT2D eigenvalue weighted by Crippen LogP contribution is 2.13. The molecule has 0 aliphatic heterocycles. The molecule has 0 fully saturated rings. The van der Waals surface area contributed by atoms with Gasteiger partial charge in [0.1, 0.15) is 0 Å². The number of carboxylic acids is 2. The Kier molecular flexibility index (Phi) is 10.6. The molecule has 102 valence electrons. The molecule has 0 radical (unpaired) electrons. The Morgan fingerprint density at radius 1 is 0.765 bits per heavy atom. The summed E-state index contributed by atoms with van der Waals surface area (Å²) < 4.78 is 63.5. The quantitative estimate of drug-likeness (QED) is 0.350. The predicted molar refractivity (Wildman–Crippen MR) is 39.0 cm³/mol. The summed E-state index contributed by atoms with van der Waals surface area (Å²) >= 11 is 0. The second-order valence-electron chi connectivity index (χ2n) is 1.75. The largest absolute Gasteiger partial charge is 0.490 e. The molecule has 0 aromatic heterocycles. The van der Waals surface area contributed by atoms with Gasteiger partial charge in [-0.3, -0.25) is 0 Å². The van der Waals surface area contributed by atoms with E-state index in [1.54, 1.807) is 0 Å². The highest BCUT2D eigenvalue weighted by molar-refractivity contribution is 6.13. The van der Waals surface area contributed by atoms with Crippen molar-refractivity contribution in [3.05, 3.63) is 0 Å². The molecule has 0 spiro atoms. The summed E-state index contributed by atoms with van der Waals surface area (Å²) in [5.41, 5.74) is 0. The van der Waals surface area contributed by atoms with Crippen LogP contribution in [0.15, 0.2) is 0 Å². The van der Waals surface area contributed by atoms with E-state index < -0.39 is 32.0 Å². The molecule has 4 N–H and O–H groups in total. The minimum absolute atomic E-state index is 0.750. The Balaban J connectivity index is -0.000000188. The molecule has 0 saturated carbocycles. The third kappa shape index (κ3) is 20.6. The maximum Gasteiger partial charge on any atom is 0.490 e. The Labute approximate surface area is 89.4 Å². The summed E-state index contributed by atoms with van der Waals surface area (Å²) in [5.74, 6) is -5.51. The molecule has 0 atom stereocenters. The highest BCUT2D eigenvalue weighted by Gasteiger charge is 2.38. The van der Waals surface area contributed by atoms with E-state index in [9.17, 15) is 26.3 Å². The van der Waals surface area contributed by atoms with Crippen LogP contribution in [0.3, 0.4) is 0 Å². The lowest BCUT2D eigenvalue weighted by atomic mass is 10.5. The topological polar surface area (TPSA) is 115 Å². The van der Waals surface area contributed by atoms with Crippen molar-refractivity contribution in [3.63, 3.8) is 0 Å². The SMILES string of the molecule is O=C(O)C(F)(F)F.O=C(O)C(F)(F)F.OBO. The van der Waals surface area contributed by atoms with Crippen molar-refractivity contribution in [1.82, 2.24) is 0 Å². The molecule has 0 rings (SSSR count). The molecule has 0 aromatic carbocycles. The lowest BCUT2D eigenvalue weighted by Crippen LogP contribution is -2.21. The molecule has 0 aliphatic rings. The summed E-state index contributed by atoms with van der Waals surface area (Å²) in [7, 11) is -0.750. The number of aliphatic carboxylic acids is 2. The third-order valence-electron chi connectivity index (χ3n) is 0.485. The van der Waals surface area contributed by atoms with Gasteiger partial charge in [-0.25, -0.2) is 9.59 Å². The first-order valence-corrected chi connectivity index (χ1v) is 3.12.